The van der Waals surface area contributed by atoms with Crippen LogP contribution in [0.25, 0.3) is 22.5 Å². The van der Waals surface area contributed by atoms with Gasteiger partial charge in [0.25, 0.3) is 0 Å². The lowest BCUT2D eigenvalue weighted by Gasteiger charge is -2.22. The second-order valence-electron chi connectivity index (χ2n) is 9.32. The van der Waals surface area contributed by atoms with Crippen LogP contribution < -0.4 is 16.0 Å². The molecule has 4 aromatic rings. The van der Waals surface area contributed by atoms with Crippen molar-refractivity contribution >= 4 is 22.8 Å². The van der Waals surface area contributed by atoms with Gasteiger partial charge in [-0.15, -0.1) is 0 Å². The van der Waals surface area contributed by atoms with Gasteiger partial charge in [-0.1, -0.05) is 25.3 Å². The van der Waals surface area contributed by atoms with E-state index in [9.17, 15) is 4.39 Å². The topological polar surface area (TPSA) is 90.5 Å². The van der Waals surface area contributed by atoms with Crippen LogP contribution in [0.3, 0.4) is 0 Å². The van der Waals surface area contributed by atoms with Gasteiger partial charge in [0.15, 0.2) is 0 Å². The van der Waals surface area contributed by atoms with Gasteiger partial charge in [0.1, 0.15) is 11.5 Å². The van der Waals surface area contributed by atoms with E-state index in [1.165, 1.54) is 30.5 Å². The summed E-state index contributed by atoms with van der Waals surface area (Å²) >= 11 is 0. The molecule has 3 aromatic heterocycles. The van der Waals surface area contributed by atoms with E-state index in [1.807, 2.05) is 24.5 Å². The number of H-pyrrole nitrogens is 1. The number of anilines is 2. The Kier molecular flexibility index (Phi) is 7.37. The zero-order valence-corrected chi connectivity index (χ0v) is 20.6. The molecule has 4 heterocycles. The molecule has 7 nitrogen and oxygen atoms in total. The van der Waals surface area contributed by atoms with Crippen LogP contribution in [0.2, 0.25) is 0 Å². The number of aromatic amines is 1. The van der Waals surface area contributed by atoms with Gasteiger partial charge < -0.3 is 16.0 Å². The molecule has 0 bridgehead atoms. The Balaban J connectivity index is 1.26. The molecule has 5 rings (SSSR count). The summed E-state index contributed by atoms with van der Waals surface area (Å²) in [5, 5.41) is 17.2. The van der Waals surface area contributed by atoms with Crippen LogP contribution in [-0.2, 0) is 6.42 Å². The molecular formula is C29H30FN7. The Morgan fingerprint density at radius 1 is 0.919 bits per heavy atom. The smallest absolute Gasteiger partial charge is 0.123 e. The highest BCUT2D eigenvalue weighted by molar-refractivity contribution is 5.85. The van der Waals surface area contributed by atoms with Gasteiger partial charge in [0, 0.05) is 35.4 Å². The number of benzene rings is 1. The van der Waals surface area contributed by atoms with Crippen LogP contribution in [-0.4, -0.2) is 33.3 Å². The Bertz CT molecular complexity index is 1400. The summed E-state index contributed by atoms with van der Waals surface area (Å²) in [5.41, 5.74) is 7.18. The molecule has 37 heavy (non-hydrogen) atoms. The molecule has 0 aliphatic carbocycles. The maximum absolute atomic E-state index is 13.7. The van der Waals surface area contributed by atoms with Crippen LogP contribution in [0.15, 0.2) is 80.5 Å². The third-order valence-corrected chi connectivity index (χ3v) is 6.54. The SMILES string of the molecule is C=C(Nc1cn[nH]c1C(=C)Nc1cncc(-c2cccc(F)c2)c1)c1cncc(CC2CCNCC2)c1. The largest absolute Gasteiger partial charge is 0.353 e. The van der Waals surface area contributed by atoms with Gasteiger partial charge in [-0.05, 0) is 73.7 Å². The van der Waals surface area contributed by atoms with Crippen LogP contribution >= 0.6 is 0 Å². The summed E-state index contributed by atoms with van der Waals surface area (Å²) in [4.78, 5) is 8.75. The standard InChI is InChI=1S/C29H30FN7/c1-19(24-11-22(14-32-15-24)10-21-6-8-31-9-7-21)36-28-18-34-37-29(28)20(2)35-27-13-25(16-33-17-27)23-4-3-5-26(30)12-23/h3-5,11-18,21,31,35-36H,1-2,6-10H2,(H,34,37). The van der Waals surface area contributed by atoms with Crippen LogP contribution in [0, 0.1) is 11.7 Å². The molecule has 0 amide bonds. The fraction of sp³-hybridized carbons (Fsp3) is 0.207. The van der Waals surface area contributed by atoms with Crippen molar-refractivity contribution < 1.29 is 4.39 Å². The number of hydrogen-bond acceptors (Lipinski definition) is 6. The second kappa shape index (κ2) is 11.2. The van der Waals surface area contributed by atoms with Gasteiger partial charge in [-0.3, -0.25) is 15.1 Å². The van der Waals surface area contributed by atoms with Crippen molar-refractivity contribution in [1.82, 2.24) is 25.5 Å². The number of nitrogens with one attached hydrogen (secondary N) is 4. The molecule has 0 unspecified atom stereocenters. The first kappa shape index (κ1) is 24.4. The van der Waals surface area contributed by atoms with E-state index in [0.717, 1.165) is 53.3 Å². The summed E-state index contributed by atoms with van der Waals surface area (Å²) < 4.78 is 13.7. The Morgan fingerprint density at radius 3 is 2.59 bits per heavy atom. The van der Waals surface area contributed by atoms with Gasteiger partial charge in [-0.2, -0.15) is 5.10 Å². The van der Waals surface area contributed by atoms with E-state index >= 15 is 0 Å². The summed E-state index contributed by atoms with van der Waals surface area (Å²) in [6, 6.07) is 10.5. The van der Waals surface area contributed by atoms with Crippen molar-refractivity contribution in [2.75, 3.05) is 23.7 Å². The summed E-state index contributed by atoms with van der Waals surface area (Å²) in [6.45, 7) is 10.6. The fourth-order valence-electron chi connectivity index (χ4n) is 4.60. The lowest BCUT2D eigenvalue weighted by atomic mass is 9.91. The zero-order valence-electron chi connectivity index (χ0n) is 20.6. The van der Waals surface area contributed by atoms with E-state index in [0.29, 0.717) is 17.3 Å². The first-order valence-corrected chi connectivity index (χ1v) is 12.4. The minimum atomic E-state index is -0.291. The van der Waals surface area contributed by atoms with Gasteiger partial charge in [0.05, 0.1) is 29.5 Å². The average molecular weight is 496 g/mol. The maximum Gasteiger partial charge on any atom is 0.123 e. The number of rotatable bonds is 9. The average Bonchev–Trinajstić information content (AvgIpc) is 3.38. The molecule has 0 radical (unpaired) electrons. The summed E-state index contributed by atoms with van der Waals surface area (Å²) in [6.07, 6.45) is 12.3. The lowest BCUT2D eigenvalue weighted by Crippen LogP contribution is -2.28. The predicted octanol–water partition coefficient (Wildman–Crippen LogP) is 5.71. The maximum atomic E-state index is 13.7. The third kappa shape index (κ3) is 6.10. The summed E-state index contributed by atoms with van der Waals surface area (Å²) in [5.74, 6) is 0.393. The van der Waals surface area contributed by atoms with E-state index in [1.54, 1.807) is 24.7 Å². The van der Waals surface area contributed by atoms with Crippen molar-refractivity contribution in [3.05, 3.63) is 103 Å². The monoisotopic (exact) mass is 495 g/mol. The Morgan fingerprint density at radius 2 is 1.76 bits per heavy atom. The Hall–Kier alpha value is -4.30. The van der Waals surface area contributed by atoms with Crippen molar-refractivity contribution in [2.45, 2.75) is 19.3 Å². The van der Waals surface area contributed by atoms with Gasteiger partial charge in [0.2, 0.25) is 0 Å². The normalized spacial score (nSPS) is 13.8. The van der Waals surface area contributed by atoms with Crippen molar-refractivity contribution in [2.24, 2.45) is 5.92 Å². The molecule has 1 aliphatic rings. The molecular weight excluding hydrogens is 465 g/mol. The molecule has 4 N–H and O–H groups in total. The molecule has 1 fully saturated rings. The molecule has 0 saturated carbocycles. The summed E-state index contributed by atoms with van der Waals surface area (Å²) in [7, 11) is 0. The van der Waals surface area contributed by atoms with Gasteiger partial charge in [-0.25, -0.2) is 4.39 Å². The number of piperidine rings is 1. The minimum Gasteiger partial charge on any atom is -0.353 e. The molecule has 188 valence electrons. The van der Waals surface area contributed by atoms with Crippen LogP contribution in [0.1, 0.15) is 29.7 Å². The highest BCUT2D eigenvalue weighted by Crippen LogP contribution is 2.28. The Labute approximate surface area is 216 Å². The first-order chi connectivity index (χ1) is 18.0. The third-order valence-electron chi connectivity index (χ3n) is 6.54. The quantitative estimate of drug-likeness (QED) is 0.238. The van der Waals surface area contributed by atoms with E-state index < -0.39 is 0 Å². The predicted molar refractivity (Wildman–Crippen MR) is 147 cm³/mol. The molecule has 0 spiro atoms. The highest BCUT2D eigenvalue weighted by atomic mass is 19.1. The minimum absolute atomic E-state index is 0.291. The van der Waals surface area contributed by atoms with Crippen molar-refractivity contribution in [3.8, 4) is 11.1 Å². The first-order valence-electron chi connectivity index (χ1n) is 12.4. The lowest BCUT2D eigenvalue weighted by molar-refractivity contribution is 0.372. The molecule has 1 saturated heterocycles. The highest BCUT2D eigenvalue weighted by Gasteiger charge is 2.15. The van der Waals surface area contributed by atoms with E-state index in [-0.39, 0.29) is 5.82 Å². The number of halogens is 1. The van der Waals surface area contributed by atoms with Crippen molar-refractivity contribution in [3.63, 3.8) is 0 Å². The number of hydrogen-bond donors (Lipinski definition) is 4. The molecule has 1 aromatic carbocycles. The van der Waals surface area contributed by atoms with Crippen LogP contribution in [0.4, 0.5) is 15.8 Å². The van der Waals surface area contributed by atoms with E-state index in [4.69, 9.17) is 0 Å². The van der Waals surface area contributed by atoms with Crippen LogP contribution in [0.5, 0.6) is 0 Å². The van der Waals surface area contributed by atoms with Crippen molar-refractivity contribution in [1.29, 1.82) is 0 Å². The second-order valence-corrected chi connectivity index (χ2v) is 9.32. The zero-order chi connectivity index (χ0) is 25.6. The van der Waals surface area contributed by atoms with E-state index in [2.05, 4.69) is 55.3 Å². The molecule has 1 aliphatic heterocycles. The molecule has 8 heteroatoms. The number of aromatic nitrogens is 4. The molecule has 0 atom stereocenters. The fourth-order valence-corrected chi connectivity index (χ4v) is 4.60. The number of pyridine rings is 2. The number of nitrogens with zero attached hydrogens (tertiary/aromatic N) is 3. The van der Waals surface area contributed by atoms with Gasteiger partial charge >= 0.3 is 0 Å².